The van der Waals surface area contributed by atoms with Crippen molar-refractivity contribution in [1.82, 2.24) is 5.32 Å². The van der Waals surface area contributed by atoms with Crippen molar-refractivity contribution in [3.05, 3.63) is 59.7 Å². The molecule has 4 heteroatoms. The van der Waals surface area contributed by atoms with Gasteiger partial charge in [-0.1, -0.05) is 48.5 Å². The maximum absolute atomic E-state index is 13.4. The fraction of sp³-hybridized carbons (Fsp3) is 0.409. The standard InChI is InChI=1S/C22H24N2O2/c1-24-12-10-15(11-13-24)20(14-24)23-21(25)22(26)18-8-4-2-6-16(18)17-7-3-5-9-19(17)22/h2-9,15,20,26H,10-14H2,1H3/p+1. The highest BCUT2D eigenvalue weighted by atomic mass is 16.3. The number of fused-ring (bicyclic) bond motifs is 6. The van der Waals surface area contributed by atoms with Gasteiger partial charge in [-0.3, -0.25) is 4.79 Å². The maximum atomic E-state index is 13.4. The Bertz CT molecular complexity index is 838. The molecule has 3 aliphatic heterocycles. The number of quaternary nitrogens is 1. The summed E-state index contributed by atoms with van der Waals surface area (Å²) in [5, 5.41) is 14.8. The monoisotopic (exact) mass is 349 g/mol. The number of rotatable bonds is 2. The Kier molecular flexibility index (Phi) is 3.34. The zero-order valence-corrected chi connectivity index (χ0v) is 15.1. The summed E-state index contributed by atoms with van der Waals surface area (Å²) in [6, 6.07) is 15.6. The molecule has 0 aromatic heterocycles. The van der Waals surface area contributed by atoms with Gasteiger partial charge in [0, 0.05) is 24.0 Å². The van der Waals surface area contributed by atoms with Gasteiger partial charge in [0.1, 0.15) is 0 Å². The van der Waals surface area contributed by atoms with Gasteiger partial charge in [0.2, 0.25) is 0 Å². The summed E-state index contributed by atoms with van der Waals surface area (Å²) >= 11 is 0. The predicted molar refractivity (Wildman–Crippen MR) is 100 cm³/mol. The Morgan fingerprint density at radius 3 is 2.12 bits per heavy atom. The van der Waals surface area contributed by atoms with Crippen LogP contribution in [0.3, 0.4) is 0 Å². The van der Waals surface area contributed by atoms with Crippen LogP contribution in [0.2, 0.25) is 0 Å². The van der Waals surface area contributed by atoms with Gasteiger partial charge in [0.15, 0.2) is 5.60 Å². The first-order chi connectivity index (χ1) is 12.5. The molecule has 2 aromatic rings. The van der Waals surface area contributed by atoms with Crippen LogP contribution < -0.4 is 5.32 Å². The number of carbonyl (C=O) groups is 1. The molecule has 2 bridgehead atoms. The van der Waals surface area contributed by atoms with Crippen LogP contribution in [-0.4, -0.2) is 48.2 Å². The molecular weight excluding hydrogens is 324 g/mol. The third kappa shape index (κ3) is 2.12. The second-order valence-electron chi connectivity index (χ2n) is 8.47. The summed E-state index contributed by atoms with van der Waals surface area (Å²) < 4.78 is 1.03. The largest absolute Gasteiger partial charge is 0.372 e. The molecule has 26 heavy (non-hydrogen) atoms. The van der Waals surface area contributed by atoms with E-state index in [1.54, 1.807) is 0 Å². The minimum Gasteiger partial charge on any atom is -0.372 e. The van der Waals surface area contributed by atoms with Crippen LogP contribution in [0.25, 0.3) is 11.1 Å². The Morgan fingerprint density at radius 1 is 1.04 bits per heavy atom. The van der Waals surface area contributed by atoms with Crippen molar-refractivity contribution in [3.63, 3.8) is 0 Å². The topological polar surface area (TPSA) is 49.3 Å². The Balaban J connectivity index is 1.52. The fourth-order valence-electron chi connectivity index (χ4n) is 5.31. The van der Waals surface area contributed by atoms with Crippen molar-refractivity contribution in [2.45, 2.75) is 24.5 Å². The van der Waals surface area contributed by atoms with Crippen LogP contribution in [0.1, 0.15) is 24.0 Å². The van der Waals surface area contributed by atoms with Crippen molar-refractivity contribution in [2.24, 2.45) is 5.92 Å². The molecule has 3 fully saturated rings. The summed E-state index contributed by atoms with van der Waals surface area (Å²) in [6.07, 6.45) is 2.32. The number of aliphatic hydroxyl groups is 1. The average Bonchev–Trinajstić information content (AvgIpc) is 2.93. The summed E-state index contributed by atoms with van der Waals surface area (Å²) in [6.45, 7) is 3.37. The Hall–Kier alpha value is -2.17. The van der Waals surface area contributed by atoms with Gasteiger partial charge in [-0.25, -0.2) is 0 Å². The first kappa shape index (κ1) is 16.0. The van der Waals surface area contributed by atoms with Gasteiger partial charge in [-0.05, 0) is 17.0 Å². The zero-order valence-electron chi connectivity index (χ0n) is 15.1. The minimum atomic E-state index is -1.60. The zero-order chi connectivity index (χ0) is 17.9. The number of piperidine rings is 3. The number of likely N-dealkylation sites (N-methyl/N-ethyl adjacent to an activating group) is 1. The second kappa shape index (κ2) is 5.41. The van der Waals surface area contributed by atoms with Crippen molar-refractivity contribution < 1.29 is 14.4 Å². The number of benzene rings is 2. The predicted octanol–water partition coefficient (Wildman–Crippen LogP) is 2.26. The molecule has 3 saturated heterocycles. The summed E-state index contributed by atoms with van der Waals surface area (Å²) in [4.78, 5) is 13.4. The molecule has 4 nitrogen and oxygen atoms in total. The number of carbonyl (C=O) groups excluding carboxylic acids is 1. The van der Waals surface area contributed by atoms with Crippen LogP contribution in [-0.2, 0) is 10.4 Å². The molecule has 0 saturated carbocycles. The van der Waals surface area contributed by atoms with Gasteiger partial charge in [0.05, 0.1) is 32.7 Å². The normalized spacial score (nSPS) is 30.5. The molecule has 1 atom stereocenters. The molecule has 1 amide bonds. The lowest BCUT2D eigenvalue weighted by Crippen LogP contribution is -2.66. The van der Waals surface area contributed by atoms with E-state index >= 15 is 0 Å². The van der Waals surface area contributed by atoms with Gasteiger partial charge in [-0.2, -0.15) is 0 Å². The van der Waals surface area contributed by atoms with Crippen molar-refractivity contribution in [3.8, 4) is 11.1 Å². The average molecular weight is 349 g/mol. The molecule has 1 aliphatic carbocycles. The third-order valence-electron chi connectivity index (χ3n) is 6.85. The molecule has 4 aliphatic rings. The quantitative estimate of drug-likeness (QED) is 0.817. The van der Waals surface area contributed by atoms with E-state index in [4.69, 9.17) is 0 Å². The lowest BCUT2D eigenvalue weighted by molar-refractivity contribution is -0.925. The Morgan fingerprint density at radius 2 is 1.58 bits per heavy atom. The van der Waals surface area contributed by atoms with E-state index in [1.165, 1.54) is 13.1 Å². The molecule has 3 heterocycles. The first-order valence-corrected chi connectivity index (χ1v) is 9.58. The maximum Gasteiger partial charge on any atom is 0.261 e. The van der Waals surface area contributed by atoms with E-state index in [1.807, 2.05) is 48.5 Å². The highest BCUT2D eigenvalue weighted by molar-refractivity contribution is 5.98. The number of nitrogens with zero attached hydrogens (tertiary/aromatic N) is 1. The van der Waals surface area contributed by atoms with E-state index in [0.29, 0.717) is 17.0 Å². The van der Waals surface area contributed by atoms with Crippen molar-refractivity contribution >= 4 is 5.91 Å². The lowest BCUT2D eigenvalue weighted by Gasteiger charge is -2.50. The van der Waals surface area contributed by atoms with Crippen LogP contribution in [0.4, 0.5) is 0 Å². The molecule has 0 radical (unpaired) electrons. The molecule has 134 valence electrons. The van der Waals surface area contributed by atoms with Crippen molar-refractivity contribution in [2.75, 3.05) is 26.7 Å². The third-order valence-corrected chi connectivity index (χ3v) is 6.85. The highest BCUT2D eigenvalue weighted by Gasteiger charge is 2.50. The fourth-order valence-corrected chi connectivity index (χ4v) is 5.31. The first-order valence-electron chi connectivity index (χ1n) is 9.58. The van der Waals surface area contributed by atoms with Crippen molar-refractivity contribution in [1.29, 1.82) is 0 Å². The molecule has 2 aromatic carbocycles. The number of hydrogen-bond acceptors (Lipinski definition) is 2. The smallest absolute Gasteiger partial charge is 0.261 e. The summed E-state index contributed by atoms with van der Waals surface area (Å²) in [5.74, 6) is 0.259. The summed E-state index contributed by atoms with van der Waals surface area (Å²) in [7, 11) is 2.28. The van der Waals surface area contributed by atoms with Gasteiger partial charge in [0.25, 0.3) is 5.91 Å². The highest BCUT2D eigenvalue weighted by Crippen LogP contribution is 2.47. The number of amides is 1. The van der Waals surface area contributed by atoms with E-state index in [-0.39, 0.29) is 11.9 Å². The Labute approximate surface area is 154 Å². The second-order valence-corrected chi connectivity index (χ2v) is 8.47. The SMILES string of the molecule is C[N+]12CCC(CC1)C(NC(=O)C1(O)c3ccccc3-c3ccccc31)C2. The van der Waals surface area contributed by atoms with E-state index in [2.05, 4.69) is 12.4 Å². The van der Waals surface area contributed by atoms with Gasteiger partial charge < -0.3 is 14.9 Å². The molecular formula is C22H25N2O2+. The van der Waals surface area contributed by atoms with Crippen LogP contribution in [0.15, 0.2) is 48.5 Å². The molecule has 1 unspecified atom stereocenters. The van der Waals surface area contributed by atoms with Crippen LogP contribution >= 0.6 is 0 Å². The molecule has 6 rings (SSSR count). The molecule has 0 spiro atoms. The number of hydrogen-bond donors (Lipinski definition) is 2. The number of nitrogens with one attached hydrogen (secondary N) is 1. The van der Waals surface area contributed by atoms with Gasteiger partial charge >= 0.3 is 0 Å². The lowest BCUT2D eigenvalue weighted by atomic mass is 9.81. The van der Waals surface area contributed by atoms with E-state index in [0.717, 1.165) is 35.0 Å². The van der Waals surface area contributed by atoms with E-state index < -0.39 is 5.60 Å². The minimum absolute atomic E-state index is 0.152. The van der Waals surface area contributed by atoms with Gasteiger partial charge in [-0.15, -0.1) is 0 Å². The van der Waals surface area contributed by atoms with Crippen LogP contribution in [0, 0.1) is 5.92 Å². The molecule has 2 N–H and O–H groups in total. The van der Waals surface area contributed by atoms with Crippen LogP contribution in [0.5, 0.6) is 0 Å². The van der Waals surface area contributed by atoms with E-state index in [9.17, 15) is 9.90 Å². The summed E-state index contributed by atoms with van der Waals surface area (Å²) in [5.41, 5.74) is 1.70.